The van der Waals surface area contributed by atoms with E-state index in [1.165, 1.54) is 18.2 Å². The number of nitrogens with two attached hydrogens (primary N) is 1. The molecule has 2 N–H and O–H groups in total. The van der Waals surface area contributed by atoms with Crippen molar-refractivity contribution in [3.8, 4) is 5.75 Å². The van der Waals surface area contributed by atoms with Crippen LogP contribution in [0.5, 0.6) is 5.75 Å². The smallest absolute Gasteiger partial charge is 0.209 e. The summed E-state index contributed by atoms with van der Waals surface area (Å²) in [6.45, 7) is 5.75. The van der Waals surface area contributed by atoms with Gasteiger partial charge >= 0.3 is 0 Å². The Morgan fingerprint density at radius 1 is 1.40 bits per heavy atom. The highest BCUT2D eigenvalue weighted by Crippen LogP contribution is 2.30. The molecule has 114 valence electrons. The van der Waals surface area contributed by atoms with Crippen LogP contribution in [0.1, 0.15) is 20.8 Å². The van der Waals surface area contributed by atoms with E-state index in [1.807, 2.05) is 20.8 Å². The van der Waals surface area contributed by atoms with Gasteiger partial charge in [0.05, 0.1) is 17.4 Å². The third kappa shape index (κ3) is 5.64. The van der Waals surface area contributed by atoms with E-state index in [2.05, 4.69) is 0 Å². The van der Waals surface area contributed by atoms with E-state index < -0.39 is 15.8 Å². The van der Waals surface area contributed by atoms with Crippen molar-refractivity contribution in [1.82, 2.24) is 0 Å². The van der Waals surface area contributed by atoms with Crippen molar-refractivity contribution in [3.63, 3.8) is 0 Å². The van der Waals surface area contributed by atoms with Crippen molar-refractivity contribution in [2.45, 2.75) is 20.8 Å². The van der Waals surface area contributed by atoms with E-state index >= 15 is 0 Å². The van der Waals surface area contributed by atoms with Gasteiger partial charge in [-0.25, -0.2) is 17.9 Å². The molecular formula is C13H19ClFNO3S. The first kappa shape index (κ1) is 17.2. The molecule has 1 unspecified atom stereocenters. The standard InChI is InChI=1S/C13H19ClFNO3S/c1-13(2,3)9(8-20(16,17)18)7-19-12-6-10(15)4-5-11(12)14/h4-6,9H,7-8H2,1-3H3,(H2,16,17,18). The maximum atomic E-state index is 13.1. The Morgan fingerprint density at radius 3 is 2.50 bits per heavy atom. The molecule has 0 aliphatic heterocycles. The second-order valence-corrected chi connectivity index (χ2v) is 7.84. The number of primary sulfonamides is 1. The van der Waals surface area contributed by atoms with Crippen molar-refractivity contribution in [3.05, 3.63) is 29.0 Å². The summed E-state index contributed by atoms with van der Waals surface area (Å²) in [6, 6.07) is 3.78. The highest BCUT2D eigenvalue weighted by atomic mass is 35.5. The number of hydrogen-bond donors (Lipinski definition) is 1. The SMILES string of the molecule is CC(C)(C)C(COc1cc(F)ccc1Cl)CS(N)(=O)=O. The van der Waals surface area contributed by atoms with Gasteiger partial charge in [-0.1, -0.05) is 32.4 Å². The summed E-state index contributed by atoms with van der Waals surface area (Å²) in [5, 5.41) is 5.36. The molecule has 0 heterocycles. The molecule has 1 aromatic rings. The second kappa shape index (κ2) is 6.28. The number of halogens is 2. The monoisotopic (exact) mass is 323 g/mol. The Kier molecular flexibility index (Phi) is 5.40. The molecule has 20 heavy (non-hydrogen) atoms. The summed E-state index contributed by atoms with van der Waals surface area (Å²) in [5.74, 6) is -0.820. The van der Waals surface area contributed by atoms with Crippen LogP contribution in [-0.2, 0) is 10.0 Å². The Labute approximate surface area is 124 Å². The molecule has 0 amide bonds. The Bertz CT molecular complexity index is 569. The minimum Gasteiger partial charge on any atom is -0.492 e. The normalized spacial score (nSPS) is 14.1. The minimum atomic E-state index is -3.62. The first-order valence-electron chi connectivity index (χ1n) is 6.07. The van der Waals surface area contributed by atoms with Crippen LogP contribution in [-0.4, -0.2) is 20.8 Å². The van der Waals surface area contributed by atoms with Gasteiger partial charge in [0.25, 0.3) is 0 Å². The van der Waals surface area contributed by atoms with Gasteiger partial charge in [-0.15, -0.1) is 0 Å². The molecular weight excluding hydrogens is 305 g/mol. The van der Waals surface area contributed by atoms with Crippen LogP contribution in [0.15, 0.2) is 18.2 Å². The van der Waals surface area contributed by atoms with Gasteiger partial charge in [-0.05, 0) is 17.5 Å². The average molecular weight is 324 g/mol. The van der Waals surface area contributed by atoms with Crippen LogP contribution in [0.3, 0.4) is 0 Å². The largest absolute Gasteiger partial charge is 0.492 e. The fourth-order valence-corrected chi connectivity index (χ4v) is 2.94. The summed E-state index contributed by atoms with van der Waals surface area (Å²) in [6.07, 6.45) is 0. The Balaban J connectivity index is 2.84. The molecule has 0 aliphatic rings. The molecule has 1 rings (SSSR count). The zero-order valence-corrected chi connectivity index (χ0v) is 13.3. The van der Waals surface area contributed by atoms with E-state index in [9.17, 15) is 12.8 Å². The predicted molar refractivity (Wildman–Crippen MR) is 77.8 cm³/mol. The van der Waals surface area contributed by atoms with Crippen molar-refractivity contribution in [2.24, 2.45) is 16.5 Å². The first-order valence-corrected chi connectivity index (χ1v) is 8.17. The maximum Gasteiger partial charge on any atom is 0.209 e. The fraction of sp³-hybridized carbons (Fsp3) is 0.538. The molecule has 0 saturated heterocycles. The fourth-order valence-electron chi connectivity index (χ4n) is 1.61. The van der Waals surface area contributed by atoms with Gasteiger partial charge in [-0.2, -0.15) is 0 Å². The maximum absolute atomic E-state index is 13.1. The van der Waals surface area contributed by atoms with Gasteiger partial charge in [0.2, 0.25) is 10.0 Å². The van der Waals surface area contributed by atoms with E-state index in [0.29, 0.717) is 0 Å². The van der Waals surface area contributed by atoms with Gasteiger partial charge < -0.3 is 4.74 Å². The molecule has 4 nitrogen and oxygen atoms in total. The first-order chi connectivity index (χ1) is 8.99. The molecule has 0 saturated carbocycles. The van der Waals surface area contributed by atoms with Crippen LogP contribution < -0.4 is 9.88 Å². The average Bonchev–Trinajstić information content (AvgIpc) is 2.25. The molecule has 0 aliphatic carbocycles. The Morgan fingerprint density at radius 2 is 2.00 bits per heavy atom. The van der Waals surface area contributed by atoms with Crippen LogP contribution >= 0.6 is 11.6 Å². The van der Waals surface area contributed by atoms with E-state index in [1.54, 1.807) is 0 Å². The molecule has 0 radical (unpaired) electrons. The Hall–Kier alpha value is -0.850. The lowest BCUT2D eigenvalue weighted by Crippen LogP contribution is -2.35. The predicted octanol–water partition coefficient (Wildman–Crippen LogP) is 2.81. The summed E-state index contributed by atoms with van der Waals surface area (Å²) in [5.41, 5.74) is -0.327. The van der Waals surface area contributed by atoms with Crippen LogP contribution in [0.2, 0.25) is 5.02 Å². The molecule has 0 aromatic heterocycles. The highest BCUT2D eigenvalue weighted by molar-refractivity contribution is 7.89. The van der Waals surface area contributed by atoms with E-state index in [4.69, 9.17) is 21.5 Å². The number of rotatable bonds is 5. The van der Waals surface area contributed by atoms with Crippen molar-refractivity contribution < 1.29 is 17.5 Å². The number of ether oxygens (including phenoxy) is 1. The third-order valence-corrected chi connectivity index (χ3v) is 4.17. The molecule has 7 heteroatoms. The van der Waals surface area contributed by atoms with Crippen LogP contribution in [0.4, 0.5) is 4.39 Å². The van der Waals surface area contributed by atoms with Gasteiger partial charge in [0.1, 0.15) is 11.6 Å². The lowest BCUT2D eigenvalue weighted by atomic mass is 9.82. The van der Waals surface area contributed by atoms with E-state index in [0.717, 1.165) is 0 Å². The minimum absolute atomic E-state index is 0.0864. The van der Waals surface area contributed by atoms with Crippen LogP contribution in [0, 0.1) is 17.2 Å². The van der Waals surface area contributed by atoms with Crippen molar-refractivity contribution in [2.75, 3.05) is 12.4 Å². The molecule has 0 spiro atoms. The third-order valence-electron chi connectivity index (χ3n) is 2.99. The lowest BCUT2D eigenvalue weighted by molar-refractivity contribution is 0.163. The van der Waals surface area contributed by atoms with Crippen molar-refractivity contribution >= 4 is 21.6 Å². The second-order valence-electron chi connectivity index (χ2n) is 5.78. The van der Waals surface area contributed by atoms with Crippen LogP contribution in [0.25, 0.3) is 0 Å². The van der Waals surface area contributed by atoms with Crippen molar-refractivity contribution in [1.29, 1.82) is 0 Å². The molecule has 1 aromatic carbocycles. The number of sulfonamides is 1. The topological polar surface area (TPSA) is 69.4 Å². The van der Waals surface area contributed by atoms with Gasteiger partial charge in [0, 0.05) is 12.0 Å². The molecule has 0 fully saturated rings. The summed E-state index contributed by atoms with van der Waals surface area (Å²) in [7, 11) is -3.62. The quantitative estimate of drug-likeness (QED) is 0.905. The molecule has 0 bridgehead atoms. The van der Waals surface area contributed by atoms with Gasteiger partial charge in [0.15, 0.2) is 0 Å². The number of hydrogen-bond acceptors (Lipinski definition) is 3. The zero-order chi connectivity index (χ0) is 15.6. The summed E-state index contributed by atoms with van der Waals surface area (Å²) >= 11 is 5.89. The lowest BCUT2D eigenvalue weighted by Gasteiger charge is -2.29. The summed E-state index contributed by atoms with van der Waals surface area (Å²) < 4.78 is 41.1. The number of benzene rings is 1. The summed E-state index contributed by atoms with van der Waals surface area (Å²) in [4.78, 5) is 0. The van der Waals surface area contributed by atoms with Gasteiger partial charge in [-0.3, -0.25) is 0 Å². The molecule has 1 atom stereocenters. The van der Waals surface area contributed by atoms with E-state index in [-0.39, 0.29) is 34.5 Å². The zero-order valence-electron chi connectivity index (χ0n) is 11.7. The highest BCUT2D eigenvalue weighted by Gasteiger charge is 2.29.